The second kappa shape index (κ2) is 7.15. The minimum atomic E-state index is 0.774. The minimum absolute atomic E-state index is 0.774. The zero-order valence-electron chi connectivity index (χ0n) is 5.71. The van der Waals surface area contributed by atoms with E-state index in [-0.39, 0.29) is 0 Å². The van der Waals surface area contributed by atoms with E-state index in [0.717, 1.165) is 19.1 Å². The molecule has 50 valence electrons. The van der Waals surface area contributed by atoms with Gasteiger partial charge in [0.05, 0.1) is 0 Å². The molecule has 0 saturated heterocycles. The van der Waals surface area contributed by atoms with Crippen LogP contribution in [0, 0.1) is 0 Å². The van der Waals surface area contributed by atoms with Crippen LogP contribution in [0.15, 0.2) is 24.3 Å². The predicted molar refractivity (Wildman–Crippen MR) is 39.3 cm³/mol. The molecule has 0 unspecified atom stereocenters. The number of carbonyl (C=O) groups is 1. The number of unbranched alkanes of at least 4 members (excludes halogenated alkanes) is 1. The summed E-state index contributed by atoms with van der Waals surface area (Å²) in [6.45, 7) is 2.12. The average Bonchev–Trinajstić information content (AvgIpc) is 1.89. The lowest BCUT2D eigenvalue weighted by Crippen LogP contribution is -1.60. The summed E-state index contributed by atoms with van der Waals surface area (Å²) in [5.41, 5.74) is 0. The van der Waals surface area contributed by atoms with Crippen LogP contribution >= 0.6 is 0 Å². The summed E-state index contributed by atoms with van der Waals surface area (Å²) in [5.74, 6) is 0. The number of aldehydes is 1. The monoisotopic (exact) mass is 124 g/mol. The Morgan fingerprint density at radius 2 is 2.00 bits per heavy atom. The van der Waals surface area contributed by atoms with Crippen molar-refractivity contribution in [3.63, 3.8) is 0 Å². The van der Waals surface area contributed by atoms with Crippen molar-refractivity contribution in [2.75, 3.05) is 0 Å². The van der Waals surface area contributed by atoms with Crippen LogP contribution in [0.1, 0.15) is 19.8 Å². The Labute approximate surface area is 56.1 Å². The van der Waals surface area contributed by atoms with Gasteiger partial charge in [-0.3, -0.25) is 4.79 Å². The molecule has 0 radical (unpaired) electrons. The van der Waals surface area contributed by atoms with Crippen LogP contribution in [0.4, 0.5) is 0 Å². The fourth-order valence-corrected chi connectivity index (χ4v) is 0.451. The van der Waals surface area contributed by atoms with Crippen LogP contribution in [0.3, 0.4) is 0 Å². The smallest absolute Gasteiger partial charge is 0.142 e. The maximum Gasteiger partial charge on any atom is 0.142 e. The van der Waals surface area contributed by atoms with E-state index in [1.807, 2.05) is 12.2 Å². The van der Waals surface area contributed by atoms with Crippen molar-refractivity contribution in [1.82, 2.24) is 0 Å². The summed E-state index contributed by atoms with van der Waals surface area (Å²) in [4.78, 5) is 9.72. The molecular formula is C8H12O. The van der Waals surface area contributed by atoms with Gasteiger partial charge in [0.25, 0.3) is 0 Å². The average molecular weight is 124 g/mol. The Hall–Kier alpha value is -0.850. The fraction of sp³-hybridized carbons (Fsp3) is 0.375. The highest BCUT2D eigenvalue weighted by Gasteiger charge is 1.68. The molecule has 0 aromatic rings. The molecular weight excluding hydrogens is 112 g/mol. The van der Waals surface area contributed by atoms with Gasteiger partial charge in [-0.05, 0) is 12.5 Å². The number of hydrogen-bond donors (Lipinski definition) is 0. The molecule has 0 fully saturated rings. The molecule has 1 nitrogen and oxygen atoms in total. The molecule has 0 aromatic carbocycles. The van der Waals surface area contributed by atoms with E-state index in [1.165, 1.54) is 6.08 Å². The Balaban J connectivity index is 3.23. The first-order chi connectivity index (χ1) is 4.41. The third-order valence-electron chi connectivity index (χ3n) is 0.892. The predicted octanol–water partition coefficient (Wildman–Crippen LogP) is 2.10. The lowest BCUT2D eigenvalue weighted by Gasteiger charge is -1.78. The number of hydrogen-bond acceptors (Lipinski definition) is 1. The first-order valence-electron chi connectivity index (χ1n) is 3.18. The largest absolute Gasteiger partial charge is 0.299 e. The van der Waals surface area contributed by atoms with Crippen LogP contribution in [0.25, 0.3) is 0 Å². The van der Waals surface area contributed by atoms with Crippen molar-refractivity contribution < 1.29 is 4.79 Å². The molecule has 0 N–H and O–H groups in total. The summed E-state index contributed by atoms with van der Waals surface area (Å²) in [6.07, 6.45) is 10.2. The Bertz CT molecular complexity index is 112. The summed E-state index contributed by atoms with van der Waals surface area (Å²) in [7, 11) is 0. The van der Waals surface area contributed by atoms with Crippen molar-refractivity contribution in [2.45, 2.75) is 19.8 Å². The zero-order chi connectivity index (χ0) is 6.95. The van der Waals surface area contributed by atoms with Gasteiger partial charge >= 0.3 is 0 Å². The van der Waals surface area contributed by atoms with Crippen LogP contribution in [-0.2, 0) is 4.79 Å². The van der Waals surface area contributed by atoms with Crippen molar-refractivity contribution >= 4 is 6.29 Å². The summed E-state index contributed by atoms with van der Waals surface area (Å²) >= 11 is 0. The highest BCUT2D eigenvalue weighted by atomic mass is 16.1. The fourth-order valence-electron chi connectivity index (χ4n) is 0.451. The third-order valence-corrected chi connectivity index (χ3v) is 0.892. The van der Waals surface area contributed by atoms with Crippen molar-refractivity contribution in [2.24, 2.45) is 0 Å². The topological polar surface area (TPSA) is 17.1 Å². The molecule has 0 saturated carbocycles. The van der Waals surface area contributed by atoms with E-state index >= 15 is 0 Å². The second-order valence-corrected chi connectivity index (χ2v) is 1.74. The number of carbonyl (C=O) groups excluding carboxylic acids is 1. The van der Waals surface area contributed by atoms with Gasteiger partial charge in [0.2, 0.25) is 0 Å². The van der Waals surface area contributed by atoms with E-state index in [0.29, 0.717) is 0 Å². The van der Waals surface area contributed by atoms with Crippen molar-refractivity contribution in [3.05, 3.63) is 24.3 Å². The Morgan fingerprint density at radius 1 is 1.22 bits per heavy atom. The SMILES string of the molecule is CCC/C=C/C=C/C=O. The molecule has 0 aliphatic rings. The highest BCUT2D eigenvalue weighted by molar-refractivity contribution is 5.65. The molecule has 0 rings (SSSR count). The lowest BCUT2D eigenvalue weighted by atomic mass is 10.3. The molecule has 1 heteroatoms. The first-order valence-corrected chi connectivity index (χ1v) is 3.18. The normalized spacial score (nSPS) is 11.2. The molecule has 9 heavy (non-hydrogen) atoms. The van der Waals surface area contributed by atoms with E-state index in [4.69, 9.17) is 0 Å². The first kappa shape index (κ1) is 8.15. The van der Waals surface area contributed by atoms with Gasteiger partial charge in [0.1, 0.15) is 6.29 Å². The van der Waals surface area contributed by atoms with Crippen LogP contribution < -0.4 is 0 Å². The zero-order valence-corrected chi connectivity index (χ0v) is 5.71. The highest BCUT2D eigenvalue weighted by Crippen LogP contribution is 1.87. The van der Waals surface area contributed by atoms with E-state index in [9.17, 15) is 4.79 Å². The third kappa shape index (κ3) is 7.15. The lowest BCUT2D eigenvalue weighted by molar-refractivity contribution is -0.104. The number of rotatable bonds is 4. The summed E-state index contributed by atoms with van der Waals surface area (Å²) in [6, 6.07) is 0. The Kier molecular flexibility index (Phi) is 6.47. The van der Waals surface area contributed by atoms with Crippen LogP contribution in [-0.4, -0.2) is 6.29 Å². The van der Waals surface area contributed by atoms with Crippen molar-refractivity contribution in [1.29, 1.82) is 0 Å². The second-order valence-electron chi connectivity index (χ2n) is 1.74. The molecule has 0 aliphatic carbocycles. The van der Waals surface area contributed by atoms with Gasteiger partial charge in [-0.25, -0.2) is 0 Å². The van der Waals surface area contributed by atoms with Gasteiger partial charge in [-0.15, -0.1) is 0 Å². The van der Waals surface area contributed by atoms with E-state index < -0.39 is 0 Å². The van der Waals surface area contributed by atoms with Gasteiger partial charge < -0.3 is 0 Å². The molecule has 0 atom stereocenters. The van der Waals surface area contributed by atoms with Crippen LogP contribution in [0.2, 0.25) is 0 Å². The van der Waals surface area contributed by atoms with Gasteiger partial charge in [-0.1, -0.05) is 31.6 Å². The maximum absolute atomic E-state index is 9.72. The maximum atomic E-state index is 9.72. The van der Waals surface area contributed by atoms with Gasteiger partial charge in [0.15, 0.2) is 0 Å². The Morgan fingerprint density at radius 3 is 2.56 bits per heavy atom. The molecule has 0 aliphatic heterocycles. The van der Waals surface area contributed by atoms with Crippen molar-refractivity contribution in [3.8, 4) is 0 Å². The number of allylic oxidation sites excluding steroid dienone is 4. The van der Waals surface area contributed by atoms with Gasteiger partial charge in [0, 0.05) is 0 Å². The summed E-state index contributed by atoms with van der Waals surface area (Å²) in [5, 5.41) is 0. The van der Waals surface area contributed by atoms with E-state index in [2.05, 4.69) is 6.92 Å². The van der Waals surface area contributed by atoms with Gasteiger partial charge in [-0.2, -0.15) is 0 Å². The summed E-state index contributed by atoms with van der Waals surface area (Å²) < 4.78 is 0. The minimum Gasteiger partial charge on any atom is -0.299 e. The van der Waals surface area contributed by atoms with E-state index in [1.54, 1.807) is 6.08 Å². The molecule has 0 heterocycles. The molecule has 0 bridgehead atoms. The molecule has 0 spiro atoms. The van der Waals surface area contributed by atoms with Crippen LogP contribution in [0.5, 0.6) is 0 Å². The molecule has 0 amide bonds. The quantitative estimate of drug-likeness (QED) is 0.318. The standard InChI is InChI=1S/C8H12O/c1-2-3-4-5-6-7-8-9/h4-8H,2-3H2,1H3/b5-4+,7-6+. The molecule has 0 aromatic heterocycles.